The Morgan fingerprint density at radius 2 is 2.05 bits per heavy atom. The predicted octanol–water partition coefficient (Wildman–Crippen LogP) is 2.98. The standard InChI is InChI=1S/C15H24N2O2/c1-3-5-6-10-19-14-11-12(7-8-13(14)16)15(18)17-9-4-2/h7-8,11H,3-6,9-10,16H2,1-2H3,(H,17,18). The van der Waals surface area contributed by atoms with Gasteiger partial charge in [0, 0.05) is 12.1 Å². The van der Waals surface area contributed by atoms with Gasteiger partial charge in [0.25, 0.3) is 5.91 Å². The number of carbonyl (C=O) groups excluding carboxylic acids is 1. The second-order valence-electron chi connectivity index (χ2n) is 4.56. The fourth-order valence-corrected chi connectivity index (χ4v) is 1.68. The van der Waals surface area contributed by atoms with E-state index in [4.69, 9.17) is 10.5 Å². The molecular formula is C15H24N2O2. The smallest absolute Gasteiger partial charge is 0.251 e. The third-order valence-corrected chi connectivity index (χ3v) is 2.82. The largest absolute Gasteiger partial charge is 0.491 e. The van der Waals surface area contributed by atoms with Crippen LogP contribution in [-0.4, -0.2) is 19.1 Å². The van der Waals surface area contributed by atoms with Crippen LogP contribution in [0.2, 0.25) is 0 Å². The highest BCUT2D eigenvalue weighted by Crippen LogP contribution is 2.23. The number of ether oxygens (including phenoxy) is 1. The van der Waals surface area contributed by atoms with E-state index >= 15 is 0 Å². The third-order valence-electron chi connectivity index (χ3n) is 2.82. The van der Waals surface area contributed by atoms with Crippen molar-refractivity contribution in [2.75, 3.05) is 18.9 Å². The number of rotatable bonds is 8. The molecule has 0 fully saturated rings. The monoisotopic (exact) mass is 264 g/mol. The molecule has 0 spiro atoms. The molecule has 4 heteroatoms. The molecule has 1 rings (SSSR count). The Kier molecular flexibility index (Phi) is 6.79. The molecular weight excluding hydrogens is 240 g/mol. The van der Waals surface area contributed by atoms with Gasteiger partial charge in [0.1, 0.15) is 5.75 Å². The van der Waals surface area contributed by atoms with Crippen LogP contribution >= 0.6 is 0 Å². The number of anilines is 1. The minimum absolute atomic E-state index is 0.0831. The van der Waals surface area contributed by atoms with Crippen LogP contribution in [0.1, 0.15) is 49.9 Å². The first kappa shape index (κ1) is 15.3. The van der Waals surface area contributed by atoms with Crippen molar-refractivity contribution in [3.8, 4) is 5.75 Å². The maximum Gasteiger partial charge on any atom is 0.251 e. The van der Waals surface area contributed by atoms with Crippen molar-refractivity contribution >= 4 is 11.6 Å². The van der Waals surface area contributed by atoms with E-state index in [-0.39, 0.29) is 5.91 Å². The number of nitrogen functional groups attached to an aromatic ring is 1. The molecule has 0 saturated heterocycles. The summed E-state index contributed by atoms with van der Waals surface area (Å²) in [6, 6.07) is 5.15. The summed E-state index contributed by atoms with van der Waals surface area (Å²) in [6.45, 7) is 5.48. The molecule has 0 atom stereocenters. The molecule has 0 aromatic heterocycles. The number of amides is 1. The van der Waals surface area contributed by atoms with E-state index in [1.807, 2.05) is 6.92 Å². The molecule has 0 bridgehead atoms. The SMILES string of the molecule is CCCCCOc1cc(C(=O)NCCC)ccc1N. The number of benzene rings is 1. The quantitative estimate of drug-likeness (QED) is 0.560. The molecule has 1 aromatic carbocycles. The topological polar surface area (TPSA) is 64.3 Å². The highest BCUT2D eigenvalue weighted by molar-refractivity contribution is 5.95. The summed E-state index contributed by atoms with van der Waals surface area (Å²) in [5.41, 5.74) is 7.01. The van der Waals surface area contributed by atoms with E-state index in [0.717, 1.165) is 25.7 Å². The molecule has 0 aliphatic carbocycles. The molecule has 106 valence electrons. The lowest BCUT2D eigenvalue weighted by Gasteiger charge is -2.10. The summed E-state index contributed by atoms with van der Waals surface area (Å²) in [5.74, 6) is 0.514. The van der Waals surface area contributed by atoms with E-state index in [9.17, 15) is 4.79 Å². The zero-order valence-electron chi connectivity index (χ0n) is 11.9. The van der Waals surface area contributed by atoms with Crippen LogP contribution in [0.15, 0.2) is 18.2 Å². The predicted molar refractivity (Wildman–Crippen MR) is 78.5 cm³/mol. The van der Waals surface area contributed by atoms with E-state index in [0.29, 0.717) is 30.2 Å². The third kappa shape index (κ3) is 5.20. The molecule has 0 radical (unpaired) electrons. The minimum Gasteiger partial charge on any atom is -0.491 e. The van der Waals surface area contributed by atoms with Gasteiger partial charge in [-0.15, -0.1) is 0 Å². The molecule has 0 aliphatic rings. The Morgan fingerprint density at radius 3 is 2.74 bits per heavy atom. The zero-order valence-corrected chi connectivity index (χ0v) is 11.9. The second kappa shape index (κ2) is 8.40. The Hall–Kier alpha value is -1.71. The lowest BCUT2D eigenvalue weighted by Crippen LogP contribution is -2.24. The van der Waals surface area contributed by atoms with Crippen molar-refractivity contribution in [2.24, 2.45) is 0 Å². The highest BCUT2D eigenvalue weighted by atomic mass is 16.5. The van der Waals surface area contributed by atoms with E-state index < -0.39 is 0 Å². The van der Waals surface area contributed by atoms with Crippen LogP contribution in [0.3, 0.4) is 0 Å². The minimum atomic E-state index is -0.0831. The Labute approximate surface area is 115 Å². The summed E-state index contributed by atoms with van der Waals surface area (Å²) < 4.78 is 5.63. The molecule has 19 heavy (non-hydrogen) atoms. The lowest BCUT2D eigenvalue weighted by atomic mass is 10.1. The van der Waals surface area contributed by atoms with Crippen LogP contribution in [0, 0.1) is 0 Å². The fraction of sp³-hybridized carbons (Fsp3) is 0.533. The maximum atomic E-state index is 11.8. The van der Waals surface area contributed by atoms with Gasteiger partial charge < -0.3 is 15.8 Å². The average molecular weight is 264 g/mol. The van der Waals surface area contributed by atoms with Gasteiger partial charge in [0.2, 0.25) is 0 Å². The highest BCUT2D eigenvalue weighted by Gasteiger charge is 2.08. The molecule has 0 unspecified atom stereocenters. The van der Waals surface area contributed by atoms with Crippen molar-refractivity contribution in [1.82, 2.24) is 5.32 Å². The van der Waals surface area contributed by atoms with Gasteiger partial charge in [0.15, 0.2) is 0 Å². The van der Waals surface area contributed by atoms with Crippen molar-refractivity contribution in [1.29, 1.82) is 0 Å². The first-order chi connectivity index (χ1) is 9.19. The molecule has 0 heterocycles. The van der Waals surface area contributed by atoms with Crippen molar-refractivity contribution < 1.29 is 9.53 Å². The van der Waals surface area contributed by atoms with Crippen molar-refractivity contribution in [3.63, 3.8) is 0 Å². The van der Waals surface area contributed by atoms with Gasteiger partial charge in [-0.1, -0.05) is 26.7 Å². The average Bonchev–Trinajstić information content (AvgIpc) is 2.42. The van der Waals surface area contributed by atoms with E-state index in [1.165, 1.54) is 0 Å². The molecule has 0 aliphatic heterocycles. The number of unbranched alkanes of at least 4 members (excludes halogenated alkanes) is 2. The van der Waals surface area contributed by atoms with Crippen LogP contribution in [0.5, 0.6) is 5.75 Å². The Balaban J connectivity index is 2.62. The van der Waals surface area contributed by atoms with Crippen molar-refractivity contribution in [3.05, 3.63) is 23.8 Å². The first-order valence-electron chi connectivity index (χ1n) is 6.99. The normalized spacial score (nSPS) is 10.2. The summed E-state index contributed by atoms with van der Waals surface area (Å²) in [5, 5.41) is 2.84. The summed E-state index contributed by atoms with van der Waals surface area (Å²) in [6.07, 6.45) is 4.21. The Bertz CT molecular complexity index is 405. The van der Waals surface area contributed by atoms with Gasteiger partial charge in [-0.25, -0.2) is 0 Å². The van der Waals surface area contributed by atoms with Crippen LogP contribution in [-0.2, 0) is 0 Å². The van der Waals surface area contributed by atoms with E-state index in [2.05, 4.69) is 12.2 Å². The number of hydrogen-bond donors (Lipinski definition) is 2. The molecule has 1 aromatic rings. The van der Waals surface area contributed by atoms with Gasteiger partial charge >= 0.3 is 0 Å². The first-order valence-corrected chi connectivity index (χ1v) is 6.99. The number of nitrogens with one attached hydrogen (secondary N) is 1. The number of carbonyl (C=O) groups is 1. The fourth-order valence-electron chi connectivity index (χ4n) is 1.68. The van der Waals surface area contributed by atoms with E-state index in [1.54, 1.807) is 18.2 Å². The van der Waals surface area contributed by atoms with Gasteiger partial charge in [-0.3, -0.25) is 4.79 Å². The lowest BCUT2D eigenvalue weighted by molar-refractivity contribution is 0.0953. The maximum absolute atomic E-state index is 11.8. The number of hydrogen-bond acceptors (Lipinski definition) is 3. The van der Waals surface area contributed by atoms with Crippen LogP contribution in [0.4, 0.5) is 5.69 Å². The zero-order chi connectivity index (χ0) is 14.1. The second-order valence-corrected chi connectivity index (χ2v) is 4.56. The Morgan fingerprint density at radius 1 is 1.26 bits per heavy atom. The summed E-state index contributed by atoms with van der Waals surface area (Å²) >= 11 is 0. The molecule has 1 amide bonds. The molecule has 4 nitrogen and oxygen atoms in total. The molecule has 0 saturated carbocycles. The van der Waals surface area contributed by atoms with Gasteiger partial charge in [-0.05, 0) is 31.0 Å². The number of nitrogens with two attached hydrogens (primary N) is 1. The summed E-state index contributed by atoms with van der Waals surface area (Å²) in [7, 11) is 0. The van der Waals surface area contributed by atoms with Crippen molar-refractivity contribution in [2.45, 2.75) is 39.5 Å². The van der Waals surface area contributed by atoms with Crippen LogP contribution in [0.25, 0.3) is 0 Å². The summed E-state index contributed by atoms with van der Waals surface area (Å²) in [4.78, 5) is 11.8. The molecule has 3 N–H and O–H groups in total. The van der Waals surface area contributed by atoms with Crippen LogP contribution < -0.4 is 15.8 Å². The van der Waals surface area contributed by atoms with Gasteiger partial charge in [-0.2, -0.15) is 0 Å². The van der Waals surface area contributed by atoms with Gasteiger partial charge in [0.05, 0.1) is 12.3 Å².